The van der Waals surface area contributed by atoms with Crippen LogP contribution in [0, 0.1) is 5.92 Å². The number of nitrogens with zero attached hydrogens (tertiary/aromatic N) is 2. The van der Waals surface area contributed by atoms with Crippen molar-refractivity contribution in [2.75, 3.05) is 6.61 Å². The van der Waals surface area contributed by atoms with Crippen molar-refractivity contribution in [2.24, 2.45) is 5.92 Å². The molecule has 1 saturated carbocycles. The van der Waals surface area contributed by atoms with Crippen LogP contribution in [0.25, 0.3) is 0 Å². The number of rotatable bonds is 4. The standard InChI is InChI=1S/C9H10N2O3/c12-8(13)7-3-4-10-9(11-7)14-5-6-1-2-6/h3-4,6H,1-2,5H2,(H,12,13). The molecule has 5 nitrogen and oxygen atoms in total. The number of carbonyl (C=O) groups is 1. The lowest BCUT2D eigenvalue weighted by atomic mass is 10.4. The first-order chi connectivity index (χ1) is 6.75. The normalized spacial score (nSPS) is 15.1. The zero-order chi connectivity index (χ0) is 9.97. The molecule has 1 aliphatic carbocycles. The van der Waals surface area contributed by atoms with Crippen molar-refractivity contribution >= 4 is 5.97 Å². The molecule has 0 amide bonds. The van der Waals surface area contributed by atoms with Gasteiger partial charge >= 0.3 is 12.0 Å². The summed E-state index contributed by atoms with van der Waals surface area (Å²) in [5.41, 5.74) is -0.0363. The Labute approximate surface area is 80.8 Å². The number of hydrogen-bond acceptors (Lipinski definition) is 4. The number of hydrogen-bond donors (Lipinski definition) is 1. The molecule has 1 aliphatic rings. The molecule has 0 aliphatic heterocycles. The number of carboxylic acids is 1. The molecule has 1 aromatic heterocycles. The van der Waals surface area contributed by atoms with Gasteiger partial charge in [-0.05, 0) is 24.8 Å². The van der Waals surface area contributed by atoms with Crippen LogP contribution in [0.5, 0.6) is 6.01 Å². The van der Waals surface area contributed by atoms with Gasteiger partial charge in [0, 0.05) is 6.20 Å². The quantitative estimate of drug-likeness (QED) is 0.772. The van der Waals surface area contributed by atoms with Crippen molar-refractivity contribution in [1.29, 1.82) is 0 Å². The van der Waals surface area contributed by atoms with E-state index in [0.29, 0.717) is 12.5 Å². The van der Waals surface area contributed by atoms with E-state index in [1.807, 2.05) is 0 Å². The third-order valence-corrected chi connectivity index (χ3v) is 2.00. The average Bonchev–Trinajstić information content (AvgIpc) is 2.99. The van der Waals surface area contributed by atoms with E-state index in [4.69, 9.17) is 9.84 Å². The topological polar surface area (TPSA) is 72.3 Å². The van der Waals surface area contributed by atoms with Crippen LogP contribution < -0.4 is 4.74 Å². The first kappa shape index (κ1) is 8.93. The number of aromatic nitrogens is 2. The van der Waals surface area contributed by atoms with Crippen molar-refractivity contribution in [2.45, 2.75) is 12.8 Å². The SMILES string of the molecule is O=C(O)c1ccnc(OCC2CC2)n1. The van der Waals surface area contributed by atoms with Gasteiger partial charge in [-0.15, -0.1) is 0 Å². The van der Waals surface area contributed by atoms with Gasteiger partial charge in [0.05, 0.1) is 6.61 Å². The fourth-order valence-electron chi connectivity index (χ4n) is 1.01. The Kier molecular flexibility index (Phi) is 2.30. The minimum absolute atomic E-state index is 0.0363. The monoisotopic (exact) mass is 194 g/mol. The molecular weight excluding hydrogens is 184 g/mol. The zero-order valence-corrected chi connectivity index (χ0v) is 7.51. The molecule has 74 valence electrons. The van der Waals surface area contributed by atoms with E-state index in [9.17, 15) is 4.79 Å². The molecule has 0 bridgehead atoms. The van der Waals surface area contributed by atoms with Crippen molar-refractivity contribution in [3.05, 3.63) is 18.0 Å². The summed E-state index contributed by atoms with van der Waals surface area (Å²) >= 11 is 0. The summed E-state index contributed by atoms with van der Waals surface area (Å²) in [7, 11) is 0. The predicted molar refractivity (Wildman–Crippen MR) is 47.2 cm³/mol. The molecule has 2 rings (SSSR count). The number of carboxylic acid groups (broad SMARTS) is 1. The summed E-state index contributed by atoms with van der Waals surface area (Å²) in [5.74, 6) is -0.462. The lowest BCUT2D eigenvalue weighted by Gasteiger charge is -2.02. The summed E-state index contributed by atoms with van der Waals surface area (Å²) in [5, 5.41) is 8.65. The van der Waals surface area contributed by atoms with Crippen LogP contribution in [0.1, 0.15) is 23.3 Å². The molecule has 1 heterocycles. The lowest BCUT2D eigenvalue weighted by molar-refractivity contribution is 0.0688. The van der Waals surface area contributed by atoms with Gasteiger partial charge in [0.15, 0.2) is 5.69 Å². The van der Waals surface area contributed by atoms with Gasteiger partial charge in [-0.3, -0.25) is 0 Å². The molecule has 0 radical (unpaired) electrons. The first-order valence-corrected chi connectivity index (χ1v) is 4.45. The Morgan fingerprint density at radius 3 is 3.07 bits per heavy atom. The molecule has 1 N–H and O–H groups in total. The smallest absolute Gasteiger partial charge is 0.354 e. The van der Waals surface area contributed by atoms with Gasteiger partial charge in [-0.1, -0.05) is 0 Å². The van der Waals surface area contributed by atoms with Crippen LogP contribution in [0.2, 0.25) is 0 Å². The van der Waals surface area contributed by atoms with E-state index in [-0.39, 0.29) is 11.7 Å². The summed E-state index contributed by atoms with van der Waals surface area (Å²) in [6.45, 7) is 0.586. The lowest BCUT2D eigenvalue weighted by Crippen LogP contribution is -2.06. The van der Waals surface area contributed by atoms with Crippen LogP contribution in [0.4, 0.5) is 0 Å². The van der Waals surface area contributed by atoms with E-state index in [1.54, 1.807) is 0 Å². The summed E-state index contributed by atoms with van der Waals surface area (Å²) in [6, 6.07) is 1.49. The Morgan fingerprint density at radius 2 is 2.43 bits per heavy atom. The third kappa shape index (κ3) is 2.18. The maximum Gasteiger partial charge on any atom is 0.354 e. The Balaban J connectivity index is 2.01. The highest BCUT2D eigenvalue weighted by atomic mass is 16.5. The fraction of sp³-hybridized carbons (Fsp3) is 0.444. The van der Waals surface area contributed by atoms with Crippen LogP contribution in [-0.4, -0.2) is 27.7 Å². The van der Waals surface area contributed by atoms with Gasteiger partial charge < -0.3 is 9.84 Å². The van der Waals surface area contributed by atoms with Crippen LogP contribution in [0.15, 0.2) is 12.3 Å². The minimum Gasteiger partial charge on any atom is -0.477 e. The molecule has 0 saturated heterocycles. The summed E-state index contributed by atoms with van der Waals surface area (Å²) in [6.07, 6.45) is 3.75. The van der Waals surface area contributed by atoms with Crippen molar-refractivity contribution in [3.8, 4) is 6.01 Å². The minimum atomic E-state index is -1.07. The van der Waals surface area contributed by atoms with Crippen LogP contribution >= 0.6 is 0 Å². The van der Waals surface area contributed by atoms with Crippen LogP contribution in [0.3, 0.4) is 0 Å². The van der Waals surface area contributed by atoms with Crippen molar-refractivity contribution in [1.82, 2.24) is 9.97 Å². The maximum atomic E-state index is 10.6. The molecule has 5 heteroatoms. The van der Waals surface area contributed by atoms with E-state index in [2.05, 4.69) is 9.97 Å². The second-order valence-electron chi connectivity index (χ2n) is 3.28. The van der Waals surface area contributed by atoms with E-state index < -0.39 is 5.97 Å². The highest BCUT2D eigenvalue weighted by Crippen LogP contribution is 2.28. The maximum absolute atomic E-state index is 10.6. The van der Waals surface area contributed by atoms with Gasteiger partial charge in [0.25, 0.3) is 0 Å². The Bertz CT molecular complexity index is 350. The van der Waals surface area contributed by atoms with Crippen molar-refractivity contribution < 1.29 is 14.6 Å². The van der Waals surface area contributed by atoms with Gasteiger partial charge in [0.1, 0.15) is 0 Å². The first-order valence-electron chi connectivity index (χ1n) is 4.45. The molecule has 0 unspecified atom stereocenters. The van der Waals surface area contributed by atoms with Crippen LogP contribution in [-0.2, 0) is 0 Å². The Hall–Kier alpha value is -1.65. The second-order valence-corrected chi connectivity index (χ2v) is 3.28. The molecule has 1 aromatic rings. The fourth-order valence-corrected chi connectivity index (χ4v) is 1.01. The van der Waals surface area contributed by atoms with E-state index >= 15 is 0 Å². The number of aromatic carboxylic acids is 1. The number of ether oxygens (including phenoxy) is 1. The van der Waals surface area contributed by atoms with Gasteiger partial charge in [-0.2, -0.15) is 4.98 Å². The molecule has 0 spiro atoms. The molecule has 0 aromatic carbocycles. The average molecular weight is 194 g/mol. The van der Waals surface area contributed by atoms with Crippen molar-refractivity contribution in [3.63, 3.8) is 0 Å². The molecular formula is C9H10N2O3. The summed E-state index contributed by atoms with van der Waals surface area (Å²) in [4.78, 5) is 18.1. The van der Waals surface area contributed by atoms with Gasteiger partial charge in [-0.25, -0.2) is 9.78 Å². The Morgan fingerprint density at radius 1 is 1.64 bits per heavy atom. The second kappa shape index (κ2) is 3.61. The highest BCUT2D eigenvalue weighted by Gasteiger charge is 2.22. The van der Waals surface area contributed by atoms with E-state index in [0.717, 1.165) is 0 Å². The molecule has 0 atom stereocenters. The highest BCUT2D eigenvalue weighted by molar-refractivity contribution is 5.85. The largest absolute Gasteiger partial charge is 0.477 e. The molecule has 1 fully saturated rings. The summed E-state index contributed by atoms with van der Waals surface area (Å²) < 4.78 is 5.24. The third-order valence-electron chi connectivity index (χ3n) is 2.00. The zero-order valence-electron chi connectivity index (χ0n) is 7.51. The molecule has 14 heavy (non-hydrogen) atoms. The predicted octanol–water partition coefficient (Wildman–Crippen LogP) is 0.964. The van der Waals surface area contributed by atoms with E-state index in [1.165, 1.54) is 25.1 Å². The van der Waals surface area contributed by atoms with Gasteiger partial charge in [0.2, 0.25) is 0 Å².